The second-order valence-electron chi connectivity index (χ2n) is 4.30. The monoisotopic (exact) mass is 239 g/mol. The molecule has 0 aliphatic heterocycles. The lowest BCUT2D eigenvalue weighted by Crippen LogP contribution is -2.37. The predicted octanol–water partition coefficient (Wildman–Crippen LogP) is 0.401. The van der Waals surface area contributed by atoms with Gasteiger partial charge in [0.15, 0.2) is 5.69 Å². The zero-order valence-electron chi connectivity index (χ0n) is 10.7. The molecule has 0 saturated carbocycles. The average Bonchev–Trinajstić information content (AvgIpc) is 2.77. The molecule has 1 aromatic heterocycles. The molecule has 17 heavy (non-hydrogen) atoms. The van der Waals surface area contributed by atoms with Crippen LogP contribution in [-0.2, 0) is 6.54 Å². The lowest BCUT2D eigenvalue weighted by Gasteiger charge is -2.18. The third-order valence-corrected chi connectivity index (χ3v) is 2.99. The second kappa shape index (κ2) is 6.34. The molecule has 0 saturated heterocycles. The number of rotatable bonds is 6. The summed E-state index contributed by atoms with van der Waals surface area (Å²) in [4.78, 5) is 11.8. The van der Waals surface area contributed by atoms with E-state index in [-0.39, 0.29) is 11.9 Å². The largest absolute Gasteiger partial charge is 0.348 e. The van der Waals surface area contributed by atoms with Crippen molar-refractivity contribution in [3.05, 3.63) is 11.9 Å². The molecule has 6 nitrogen and oxygen atoms in total. The van der Waals surface area contributed by atoms with Crippen LogP contribution in [0.1, 0.15) is 37.7 Å². The first kappa shape index (κ1) is 13.6. The maximum absolute atomic E-state index is 11.8. The third-order valence-electron chi connectivity index (χ3n) is 2.99. The van der Waals surface area contributed by atoms with Crippen LogP contribution >= 0.6 is 0 Å². The number of carbonyl (C=O) groups excluding carboxylic acids is 1. The summed E-state index contributed by atoms with van der Waals surface area (Å²) in [5, 5.41) is 10.6. The van der Waals surface area contributed by atoms with Crippen molar-refractivity contribution in [3.63, 3.8) is 0 Å². The van der Waals surface area contributed by atoms with Crippen LogP contribution in [0.15, 0.2) is 6.20 Å². The van der Waals surface area contributed by atoms with E-state index in [2.05, 4.69) is 29.5 Å². The normalized spacial score (nSPS) is 14.4. The van der Waals surface area contributed by atoms with Gasteiger partial charge in [0, 0.05) is 12.6 Å². The zero-order chi connectivity index (χ0) is 12.8. The highest BCUT2D eigenvalue weighted by Crippen LogP contribution is 2.07. The van der Waals surface area contributed by atoms with Gasteiger partial charge < -0.3 is 11.1 Å². The van der Waals surface area contributed by atoms with Crippen molar-refractivity contribution in [1.82, 2.24) is 20.3 Å². The Morgan fingerprint density at radius 3 is 2.88 bits per heavy atom. The van der Waals surface area contributed by atoms with Crippen LogP contribution in [0.25, 0.3) is 0 Å². The Morgan fingerprint density at radius 2 is 2.29 bits per heavy atom. The van der Waals surface area contributed by atoms with Gasteiger partial charge in [-0.05, 0) is 12.8 Å². The van der Waals surface area contributed by atoms with E-state index in [0.29, 0.717) is 24.7 Å². The summed E-state index contributed by atoms with van der Waals surface area (Å²) in [5.74, 6) is 0.263. The highest BCUT2D eigenvalue weighted by atomic mass is 16.2. The summed E-state index contributed by atoms with van der Waals surface area (Å²) >= 11 is 0. The lowest BCUT2D eigenvalue weighted by molar-refractivity contribution is 0.0923. The zero-order valence-corrected chi connectivity index (χ0v) is 10.7. The smallest absolute Gasteiger partial charge is 0.273 e. The van der Waals surface area contributed by atoms with Crippen LogP contribution in [0.3, 0.4) is 0 Å². The number of nitrogens with zero attached hydrogens (tertiary/aromatic N) is 3. The Labute approximate surface area is 102 Å². The van der Waals surface area contributed by atoms with Crippen LogP contribution in [0.5, 0.6) is 0 Å². The van der Waals surface area contributed by atoms with Gasteiger partial charge in [-0.1, -0.05) is 25.5 Å². The van der Waals surface area contributed by atoms with E-state index < -0.39 is 0 Å². The van der Waals surface area contributed by atoms with Crippen LogP contribution < -0.4 is 11.1 Å². The first-order valence-corrected chi connectivity index (χ1v) is 5.99. The molecule has 96 valence electrons. The fraction of sp³-hybridized carbons (Fsp3) is 0.727. The molecule has 1 rings (SSSR count). The van der Waals surface area contributed by atoms with E-state index in [1.165, 1.54) is 0 Å². The van der Waals surface area contributed by atoms with Gasteiger partial charge in [0.2, 0.25) is 0 Å². The lowest BCUT2D eigenvalue weighted by atomic mass is 10.0. The Kier molecular flexibility index (Phi) is 5.09. The molecule has 2 unspecified atom stereocenters. The Balaban J connectivity index is 2.57. The molecular weight excluding hydrogens is 218 g/mol. The molecule has 0 aliphatic carbocycles. The van der Waals surface area contributed by atoms with Gasteiger partial charge in [-0.3, -0.25) is 9.48 Å². The summed E-state index contributed by atoms with van der Waals surface area (Å²) in [6.07, 6.45) is 2.65. The maximum atomic E-state index is 11.8. The van der Waals surface area contributed by atoms with Crippen molar-refractivity contribution < 1.29 is 4.79 Å². The molecule has 0 fully saturated rings. The molecule has 0 spiro atoms. The molecule has 6 heteroatoms. The summed E-state index contributed by atoms with van der Waals surface area (Å²) in [7, 11) is 0. The van der Waals surface area contributed by atoms with E-state index in [1.807, 2.05) is 6.92 Å². The quantitative estimate of drug-likeness (QED) is 0.752. The summed E-state index contributed by atoms with van der Waals surface area (Å²) in [5.41, 5.74) is 5.74. The third kappa shape index (κ3) is 3.81. The molecule has 0 aliphatic rings. The molecule has 1 amide bonds. The van der Waals surface area contributed by atoms with Crippen molar-refractivity contribution in [3.8, 4) is 0 Å². The summed E-state index contributed by atoms with van der Waals surface area (Å²) in [6.45, 7) is 7.26. The van der Waals surface area contributed by atoms with Crippen LogP contribution in [0.4, 0.5) is 0 Å². The van der Waals surface area contributed by atoms with Crippen molar-refractivity contribution in [1.29, 1.82) is 0 Å². The molecule has 3 N–H and O–H groups in total. The van der Waals surface area contributed by atoms with Gasteiger partial charge >= 0.3 is 0 Å². The van der Waals surface area contributed by atoms with Crippen molar-refractivity contribution in [2.75, 3.05) is 6.54 Å². The minimum atomic E-state index is -0.180. The summed E-state index contributed by atoms with van der Waals surface area (Å²) < 4.78 is 1.57. The van der Waals surface area contributed by atoms with Gasteiger partial charge in [-0.25, -0.2) is 0 Å². The minimum absolute atomic E-state index is 0.132. The molecule has 0 radical (unpaired) electrons. The SMILES string of the molecule is CCC(C)C(C)NC(=O)c1cn(CCN)nn1. The predicted molar refractivity (Wildman–Crippen MR) is 65.5 cm³/mol. The number of hydrogen-bond donors (Lipinski definition) is 2. The highest BCUT2D eigenvalue weighted by molar-refractivity contribution is 5.92. The minimum Gasteiger partial charge on any atom is -0.348 e. The number of carbonyl (C=O) groups is 1. The van der Waals surface area contributed by atoms with Gasteiger partial charge in [-0.2, -0.15) is 0 Å². The van der Waals surface area contributed by atoms with Crippen LogP contribution in [-0.4, -0.2) is 33.5 Å². The van der Waals surface area contributed by atoms with Gasteiger partial charge in [0.1, 0.15) is 0 Å². The Hall–Kier alpha value is -1.43. The van der Waals surface area contributed by atoms with Crippen molar-refractivity contribution >= 4 is 5.91 Å². The van der Waals surface area contributed by atoms with E-state index in [4.69, 9.17) is 5.73 Å². The Morgan fingerprint density at radius 1 is 1.59 bits per heavy atom. The van der Waals surface area contributed by atoms with Gasteiger partial charge in [0.05, 0.1) is 12.7 Å². The number of nitrogens with two attached hydrogens (primary N) is 1. The maximum Gasteiger partial charge on any atom is 0.273 e. The molecule has 2 atom stereocenters. The number of amides is 1. The van der Waals surface area contributed by atoms with Gasteiger partial charge in [-0.15, -0.1) is 5.10 Å². The van der Waals surface area contributed by atoms with E-state index in [9.17, 15) is 4.79 Å². The van der Waals surface area contributed by atoms with E-state index in [0.717, 1.165) is 6.42 Å². The highest BCUT2D eigenvalue weighted by Gasteiger charge is 2.16. The second-order valence-corrected chi connectivity index (χ2v) is 4.30. The number of aromatic nitrogens is 3. The molecule has 1 heterocycles. The molecular formula is C11H21N5O. The first-order chi connectivity index (χ1) is 8.08. The number of nitrogens with one attached hydrogen (secondary N) is 1. The average molecular weight is 239 g/mol. The van der Waals surface area contributed by atoms with Crippen LogP contribution in [0, 0.1) is 5.92 Å². The van der Waals surface area contributed by atoms with E-state index >= 15 is 0 Å². The molecule has 0 bridgehead atoms. The fourth-order valence-corrected chi connectivity index (χ4v) is 1.42. The van der Waals surface area contributed by atoms with Crippen molar-refractivity contribution in [2.24, 2.45) is 11.7 Å². The molecule has 0 aromatic carbocycles. The van der Waals surface area contributed by atoms with Crippen LogP contribution in [0.2, 0.25) is 0 Å². The number of hydrogen-bond acceptors (Lipinski definition) is 4. The van der Waals surface area contributed by atoms with Gasteiger partial charge in [0.25, 0.3) is 5.91 Å². The Bertz CT molecular complexity index is 362. The topological polar surface area (TPSA) is 85.8 Å². The van der Waals surface area contributed by atoms with Crippen molar-refractivity contribution in [2.45, 2.75) is 39.8 Å². The summed E-state index contributed by atoms with van der Waals surface area (Å²) in [6, 6.07) is 0.132. The standard InChI is InChI=1S/C11H21N5O/c1-4-8(2)9(3)13-11(17)10-7-16(6-5-12)15-14-10/h7-9H,4-6,12H2,1-3H3,(H,13,17). The van der Waals surface area contributed by atoms with E-state index in [1.54, 1.807) is 10.9 Å². The fourth-order valence-electron chi connectivity index (χ4n) is 1.42. The molecule has 1 aromatic rings. The first-order valence-electron chi connectivity index (χ1n) is 5.99.